The number of rotatable bonds is 9. The van der Waals surface area contributed by atoms with E-state index in [0.717, 1.165) is 44.9 Å². The number of nitriles is 1. The summed E-state index contributed by atoms with van der Waals surface area (Å²) in [4.78, 5) is 10.5. The van der Waals surface area contributed by atoms with Crippen molar-refractivity contribution in [2.45, 2.75) is 90.6 Å². The van der Waals surface area contributed by atoms with Crippen molar-refractivity contribution < 1.29 is 14.6 Å². The molecule has 0 amide bonds. The SMILES string of the molecule is C/C=C\CCCC(=O)OC.CCC1(C(O)C/C=C/[C@H]2CC[C@@H](C#N)C2)CCC1. The fourth-order valence-corrected chi connectivity index (χ4v) is 4.14. The molecule has 0 aromatic carbocycles. The van der Waals surface area contributed by atoms with Crippen molar-refractivity contribution in [3.63, 3.8) is 0 Å². The Morgan fingerprint density at radius 1 is 1.36 bits per heavy atom. The molecule has 2 rings (SSSR count). The van der Waals surface area contributed by atoms with Gasteiger partial charge in [-0.25, -0.2) is 0 Å². The second kappa shape index (κ2) is 13.6. The van der Waals surface area contributed by atoms with Gasteiger partial charge in [0.05, 0.1) is 19.3 Å². The Morgan fingerprint density at radius 2 is 2.11 bits per heavy atom. The largest absolute Gasteiger partial charge is 0.469 e. The molecule has 4 heteroatoms. The topological polar surface area (TPSA) is 70.3 Å². The zero-order valence-electron chi connectivity index (χ0n) is 18.0. The predicted molar refractivity (Wildman–Crippen MR) is 113 cm³/mol. The van der Waals surface area contributed by atoms with Crippen LogP contribution < -0.4 is 0 Å². The van der Waals surface area contributed by atoms with Crippen LogP contribution in [0, 0.1) is 28.6 Å². The van der Waals surface area contributed by atoms with Gasteiger partial charge in [-0.3, -0.25) is 4.79 Å². The molecule has 0 radical (unpaired) electrons. The lowest BCUT2D eigenvalue weighted by molar-refractivity contribution is -0.140. The van der Waals surface area contributed by atoms with Gasteiger partial charge in [-0.05, 0) is 76.0 Å². The van der Waals surface area contributed by atoms with E-state index in [1.54, 1.807) is 0 Å². The highest BCUT2D eigenvalue weighted by Gasteiger charge is 2.40. The summed E-state index contributed by atoms with van der Waals surface area (Å²) in [7, 11) is 1.41. The van der Waals surface area contributed by atoms with Gasteiger partial charge in [0.1, 0.15) is 0 Å². The summed E-state index contributed by atoms with van der Waals surface area (Å²) in [6.45, 7) is 4.17. The van der Waals surface area contributed by atoms with E-state index in [-0.39, 0.29) is 23.4 Å². The van der Waals surface area contributed by atoms with E-state index in [0.29, 0.717) is 12.3 Å². The first-order chi connectivity index (χ1) is 13.5. The molecule has 1 unspecified atom stereocenters. The van der Waals surface area contributed by atoms with Crippen molar-refractivity contribution in [2.24, 2.45) is 17.3 Å². The van der Waals surface area contributed by atoms with Crippen LogP contribution in [0.5, 0.6) is 0 Å². The average Bonchev–Trinajstić information content (AvgIpc) is 3.13. The van der Waals surface area contributed by atoms with Crippen molar-refractivity contribution in [3.8, 4) is 6.07 Å². The molecule has 0 saturated heterocycles. The fraction of sp³-hybridized carbons (Fsp3) is 0.750. The van der Waals surface area contributed by atoms with Gasteiger partial charge in [0, 0.05) is 12.3 Å². The summed E-state index contributed by atoms with van der Waals surface area (Å²) in [5, 5.41) is 19.1. The minimum atomic E-state index is -0.166. The van der Waals surface area contributed by atoms with Gasteiger partial charge in [0.2, 0.25) is 0 Å². The molecule has 4 nitrogen and oxygen atoms in total. The van der Waals surface area contributed by atoms with E-state index in [1.165, 1.54) is 26.4 Å². The lowest BCUT2D eigenvalue weighted by Crippen LogP contribution is -2.40. The minimum absolute atomic E-state index is 0.121. The second-order valence-corrected chi connectivity index (χ2v) is 8.19. The lowest BCUT2D eigenvalue weighted by Gasteiger charge is -2.45. The number of aliphatic hydroxyl groups excluding tert-OH is 1. The summed E-state index contributed by atoms with van der Waals surface area (Å²) < 4.78 is 4.47. The number of allylic oxidation sites excluding steroid dienone is 3. The monoisotopic (exact) mass is 389 g/mol. The molecular weight excluding hydrogens is 350 g/mol. The Morgan fingerprint density at radius 3 is 2.61 bits per heavy atom. The van der Waals surface area contributed by atoms with Gasteiger partial charge in [0.25, 0.3) is 0 Å². The summed E-state index contributed by atoms with van der Waals surface area (Å²) in [6, 6.07) is 2.36. The zero-order chi connectivity index (χ0) is 20.8. The highest BCUT2D eigenvalue weighted by atomic mass is 16.5. The highest BCUT2D eigenvalue weighted by Crippen LogP contribution is 2.47. The van der Waals surface area contributed by atoms with Crippen LogP contribution in [0.25, 0.3) is 0 Å². The van der Waals surface area contributed by atoms with Crippen molar-refractivity contribution in [1.82, 2.24) is 0 Å². The van der Waals surface area contributed by atoms with Crippen molar-refractivity contribution in [1.29, 1.82) is 5.26 Å². The predicted octanol–water partition coefficient (Wildman–Crippen LogP) is 5.72. The molecule has 2 aliphatic rings. The van der Waals surface area contributed by atoms with Crippen LogP contribution in [-0.2, 0) is 9.53 Å². The maximum atomic E-state index is 10.5. The third-order valence-corrected chi connectivity index (χ3v) is 6.40. The number of methoxy groups -OCH3 is 1. The Bertz CT molecular complexity index is 537. The Labute approximate surface area is 171 Å². The number of hydrogen-bond donors (Lipinski definition) is 1. The molecule has 1 N–H and O–H groups in total. The van der Waals surface area contributed by atoms with Crippen LogP contribution in [0.3, 0.4) is 0 Å². The minimum Gasteiger partial charge on any atom is -0.469 e. The molecule has 0 aliphatic heterocycles. The number of carbonyl (C=O) groups excluding carboxylic acids is 1. The summed E-state index contributed by atoms with van der Waals surface area (Å²) in [5.41, 5.74) is 0.217. The number of unbranched alkanes of at least 4 members (excludes halogenated alkanes) is 1. The molecule has 0 aromatic rings. The molecule has 0 bridgehead atoms. The molecule has 2 fully saturated rings. The Hall–Kier alpha value is -1.60. The van der Waals surface area contributed by atoms with Crippen LogP contribution in [0.1, 0.15) is 84.5 Å². The van der Waals surface area contributed by atoms with E-state index in [9.17, 15) is 9.90 Å². The smallest absolute Gasteiger partial charge is 0.305 e. The maximum Gasteiger partial charge on any atom is 0.305 e. The molecule has 28 heavy (non-hydrogen) atoms. The second-order valence-electron chi connectivity index (χ2n) is 8.19. The van der Waals surface area contributed by atoms with Gasteiger partial charge < -0.3 is 9.84 Å². The zero-order valence-corrected chi connectivity index (χ0v) is 18.0. The van der Waals surface area contributed by atoms with Crippen LogP contribution in [-0.4, -0.2) is 24.3 Å². The fourth-order valence-electron chi connectivity index (χ4n) is 4.14. The Kier molecular flexibility index (Phi) is 11.8. The normalized spacial score (nSPS) is 24.2. The van der Waals surface area contributed by atoms with E-state index in [4.69, 9.17) is 5.26 Å². The van der Waals surface area contributed by atoms with Gasteiger partial charge in [-0.1, -0.05) is 37.6 Å². The van der Waals surface area contributed by atoms with Crippen molar-refractivity contribution in [3.05, 3.63) is 24.3 Å². The third kappa shape index (κ3) is 8.19. The van der Waals surface area contributed by atoms with Gasteiger partial charge in [-0.2, -0.15) is 5.26 Å². The molecule has 3 atom stereocenters. The molecule has 0 heterocycles. The van der Waals surface area contributed by atoms with Crippen LogP contribution in [0.15, 0.2) is 24.3 Å². The maximum absolute atomic E-state index is 10.5. The summed E-state index contributed by atoms with van der Waals surface area (Å²) in [6.07, 6.45) is 19.4. The first kappa shape index (κ1) is 24.4. The number of carbonyl (C=O) groups is 1. The van der Waals surface area contributed by atoms with Gasteiger partial charge in [-0.15, -0.1) is 0 Å². The lowest BCUT2D eigenvalue weighted by atomic mass is 9.63. The molecule has 2 saturated carbocycles. The van der Waals surface area contributed by atoms with Gasteiger partial charge >= 0.3 is 5.97 Å². The number of aliphatic hydroxyl groups is 1. The number of ether oxygens (including phenoxy) is 1. The average molecular weight is 390 g/mol. The van der Waals surface area contributed by atoms with Gasteiger partial charge in [0.15, 0.2) is 0 Å². The molecular formula is C24H39NO3. The van der Waals surface area contributed by atoms with Crippen molar-refractivity contribution >= 4 is 5.97 Å². The number of esters is 1. The van der Waals surface area contributed by atoms with Crippen LogP contribution in [0.4, 0.5) is 0 Å². The summed E-state index contributed by atoms with van der Waals surface area (Å²) in [5.74, 6) is 0.712. The Balaban J connectivity index is 0.000000336. The molecule has 158 valence electrons. The highest BCUT2D eigenvalue weighted by molar-refractivity contribution is 5.69. The van der Waals surface area contributed by atoms with E-state index in [2.05, 4.69) is 29.9 Å². The van der Waals surface area contributed by atoms with Crippen molar-refractivity contribution in [2.75, 3.05) is 7.11 Å². The number of nitrogens with zero attached hydrogens (tertiary/aromatic N) is 1. The standard InChI is InChI=1S/C16H25NO.C8H14O2/c1-2-16(9-4-10-16)15(18)6-3-5-13-7-8-14(11-13)12-17;1-3-4-5-6-7-8(9)10-2/h3,5,13-15,18H,2,4,6-11H2,1H3;3-4H,5-7H2,1-2H3/b5-3+;4-3-/t13-,14+,15?;/m0./s1. The molecule has 0 aromatic heterocycles. The van der Waals surface area contributed by atoms with E-state index < -0.39 is 0 Å². The third-order valence-electron chi connectivity index (χ3n) is 6.40. The van der Waals surface area contributed by atoms with E-state index in [1.807, 2.05) is 19.1 Å². The first-order valence-electron chi connectivity index (χ1n) is 10.9. The first-order valence-corrected chi connectivity index (χ1v) is 10.9. The van der Waals surface area contributed by atoms with Crippen LogP contribution in [0.2, 0.25) is 0 Å². The summed E-state index contributed by atoms with van der Waals surface area (Å²) >= 11 is 0. The number of hydrogen-bond acceptors (Lipinski definition) is 4. The molecule has 0 spiro atoms. The van der Waals surface area contributed by atoms with E-state index >= 15 is 0 Å². The molecule has 2 aliphatic carbocycles. The quantitative estimate of drug-likeness (QED) is 0.311. The van der Waals surface area contributed by atoms with Crippen LogP contribution >= 0.6 is 0 Å².